The van der Waals surface area contributed by atoms with Gasteiger partial charge in [-0.3, -0.25) is 4.90 Å². The number of aromatic carboxylic acids is 1. The van der Waals surface area contributed by atoms with Gasteiger partial charge in [0.05, 0.1) is 29.8 Å². The number of aromatic nitrogens is 2. The van der Waals surface area contributed by atoms with Gasteiger partial charge in [0.25, 0.3) is 6.43 Å². The second kappa shape index (κ2) is 12.0. The molecule has 2 heterocycles. The Labute approximate surface area is 228 Å². The zero-order chi connectivity index (χ0) is 28.2. The van der Waals surface area contributed by atoms with E-state index in [9.17, 15) is 23.1 Å². The molecule has 0 amide bonds. The highest BCUT2D eigenvalue weighted by molar-refractivity contribution is 5.92. The maximum atomic E-state index is 14.1. The number of alkyl halides is 2. The quantitative estimate of drug-likeness (QED) is 0.272. The first-order chi connectivity index (χ1) is 19.3. The molecule has 5 rings (SSSR count). The average molecular weight is 555 g/mol. The molecule has 0 unspecified atom stereocenters. The van der Waals surface area contributed by atoms with Crippen LogP contribution in [-0.4, -0.2) is 44.7 Å². The number of hydrogen-bond acceptors (Lipinski definition) is 6. The highest BCUT2D eigenvalue weighted by atomic mass is 19.3. The van der Waals surface area contributed by atoms with Crippen LogP contribution in [0.2, 0.25) is 0 Å². The molecule has 0 spiro atoms. The number of imidazole rings is 1. The summed E-state index contributed by atoms with van der Waals surface area (Å²) in [5.74, 6) is -0.457. The molecule has 1 aliphatic heterocycles. The topological polar surface area (TPSA) is 103 Å². The van der Waals surface area contributed by atoms with Crippen molar-refractivity contribution in [3.8, 4) is 11.5 Å². The second-order valence-corrected chi connectivity index (χ2v) is 9.67. The lowest BCUT2D eigenvalue weighted by molar-refractivity contribution is 0.0697. The standard InChI is InChI=1S/C29H29F3N4O4/c30-23-13-19(28(31)32)5-7-26(23)39-16-18-2-1-3-22(12-18)40-21-8-10-35(11-9-21)15-27-34-24-6-4-20(29(37)38)14-25(24)36(27)17-33/h1-7,12-14,21,28H,8-11,15-17,33H2,(H,37,38). The van der Waals surface area contributed by atoms with Gasteiger partial charge in [0.2, 0.25) is 0 Å². The number of fused-ring (bicyclic) bond motifs is 1. The van der Waals surface area contributed by atoms with Crippen molar-refractivity contribution in [2.45, 2.75) is 45.2 Å². The number of carboxylic acid groups (broad SMARTS) is 1. The number of likely N-dealkylation sites (tertiary alicyclic amines) is 1. The van der Waals surface area contributed by atoms with Crippen LogP contribution in [0.5, 0.6) is 11.5 Å². The van der Waals surface area contributed by atoms with Gasteiger partial charge in [-0.15, -0.1) is 0 Å². The van der Waals surface area contributed by atoms with Gasteiger partial charge in [-0.25, -0.2) is 22.9 Å². The van der Waals surface area contributed by atoms with Crippen molar-refractivity contribution in [2.24, 2.45) is 5.73 Å². The molecule has 40 heavy (non-hydrogen) atoms. The van der Waals surface area contributed by atoms with Crippen LogP contribution in [0.1, 0.15) is 46.6 Å². The first kappa shape index (κ1) is 27.5. The molecule has 0 saturated carbocycles. The fourth-order valence-electron chi connectivity index (χ4n) is 4.85. The van der Waals surface area contributed by atoms with E-state index in [-0.39, 0.29) is 30.7 Å². The van der Waals surface area contributed by atoms with E-state index in [2.05, 4.69) is 9.88 Å². The molecule has 3 aromatic carbocycles. The number of nitrogens with two attached hydrogens (primary N) is 1. The Morgan fingerprint density at radius 1 is 1.10 bits per heavy atom. The first-order valence-electron chi connectivity index (χ1n) is 12.9. The molecule has 0 aliphatic carbocycles. The van der Waals surface area contributed by atoms with Crippen LogP contribution in [0.15, 0.2) is 60.7 Å². The summed E-state index contributed by atoms with van der Waals surface area (Å²) in [6.07, 6.45) is -1.13. The Morgan fingerprint density at radius 2 is 1.90 bits per heavy atom. The van der Waals surface area contributed by atoms with Gasteiger partial charge in [-0.2, -0.15) is 0 Å². The largest absolute Gasteiger partial charge is 0.490 e. The van der Waals surface area contributed by atoms with Crippen LogP contribution in [0.3, 0.4) is 0 Å². The van der Waals surface area contributed by atoms with Gasteiger partial charge in [0.1, 0.15) is 24.3 Å². The van der Waals surface area contributed by atoms with Crippen LogP contribution < -0.4 is 15.2 Å². The summed E-state index contributed by atoms with van der Waals surface area (Å²) in [5.41, 5.74) is 7.95. The summed E-state index contributed by atoms with van der Waals surface area (Å²) in [6, 6.07) is 15.3. The number of nitrogens with zero attached hydrogens (tertiary/aromatic N) is 3. The van der Waals surface area contributed by atoms with Crippen molar-refractivity contribution in [3.05, 3.63) is 89.0 Å². The molecule has 1 aliphatic rings. The Bertz CT molecular complexity index is 1500. The van der Waals surface area contributed by atoms with E-state index in [1.54, 1.807) is 12.1 Å². The van der Waals surface area contributed by atoms with Crippen LogP contribution in [0.25, 0.3) is 11.0 Å². The predicted molar refractivity (Wildman–Crippen MR) is 142 cm³/mol. The van der Waals surface area contributed by atoms with Crippen LogP contribution in [0.4, 0.5) is 13.2 Å². The first-order valence-corrected chi connectivity index (χ1v) is 12.9. The minimum Gasteiger partial charge on any atom is -0.490 e. The number of carboxylic acids is 1. The summed E-state index contributed by atoms with van der Waals surface area (Å²) in [4.78, 5) is 18.3. The zero-order valence-electron chi connectivity index (χ0n) is 21.6. The highest BCUT2D eigenvalue weighted by Crippen LogP contribution is 2.27. The number of halogens is 3. The summed E-state index contributed by atoms with van der Waals surface area (Å²) < 4.78 is 53.1. The molecular weight excluding hydrogens is 525 g/mol. The van der Waals surface area contributed by atoms with E-state index < -0.39 is 23.8 Å². The Morgan fingerprint density at radius 3 is 2.60 bits per heavy atom. The molecule has 8 nitrogen and oxygen atoms in total. The molecule has 1 fully saturated rings. The van der Waals surface area contributed by atoms with Crippen LogP contribution in [0, 0.1) is 5.82 Å². The monoisotopic (exact) mass is 554 g/mol. The minimum absolute atomic E-state index is 0.0122. The Balaban J connectivity index is 1.15. The normalized spacial score (nSPS) is 14.6. The third-order valence-corrected chi connectivity index (χ3v) is 6.96. The Hall–Kier alpha value is -4.09. The van der Waals surface area contributed by atoms with Gasteiger partial charge in [-0.1, -0.05) is 12.1 Å². The number of hydrogen-bond donors (Lipinski definition) is 2. The van der Waals surface area contributed by atoms with Gasteiger partial charge in [0.15, 0.2) is 11.6 Å². The van der Waals surface area contributed by atoms with E-state index in [0.29, 0.717) is 23.3 Å². The maximum absolute atomic E-state index is 14.1. The van der Waals surface area contributed by atoms with Crippen LogP contribution >= 0.6 is 0 Å². The molecule has 1 aromatic heterocycles. The number of benzene rings is 3. The van der Waals surface area contributed by atoms with Crippen molar-refractivity contribution < 1.29 is 32.5 Å². The molecule has 0 radical (unpaired) electrons. The van der Waals surface area contributed by atoms with Crippen molar-refractivity contribution in [3.63, 3.8) is 0 Å². The van der Waals surface area contributed by atoms with Crippen molar-refractivity contribution >= 4 is 17.0 Å². The number of rotatable bonds is 10. The lowest BCUT2D eigenvalue weighted by atomic mass is 10.1. The third-order valence-electron chi connectivity index (χ3n) is 6.96. The van der Waals surface area contributed by atoms with E-state index in [0.717, 1.165) is 49.5 Å². The lowest BCUT2D eigenvalue weighted by Gasteiger charge is -2.32. The van der Waals surface area contributed by atoms with E-state index in [1.165, 1.54) is 12.1 Å². The molecule has 1 saturated heterocycles. The predicted octanol–water partition coefficient (Wildman–Crippen LogP) is 5.35. The zero-order valence-corrected chi connectivity index (χ0v) is 21.6. The fourth-order valence-corrected chi connectivity index (χ4v) is 4.85. The smallest absolute Gasteiger partial charge is 0.335 e. The number of carbonyl (C=O) groups is 1. The van der Waals surface area contributed by atoms with Crippen molar-refractivity contribution in [2.75, 3.05) is 13.1 Å². The molecule has 3 N–H and O–H groups in total. The molecular formula is C29H29F3N4O4. The van der Waals surface area contributed by atoms with Gasteiger partial charge >= 0.3 is 5.97 Å². The average Bonchev–Trinajstić information content (AvgIpc) is 3.29. The summed E-state index contributed by atoms with van der Waals surface area (Å²) in [5, 5.41) is 9.31. The summed E-state index contributed by atoms with van der Waals surface area (Å²) in [6.45, 7) is 2.42. The minimum atomic E-state index is -2.74. The van der Waals surface area contributed by atoms with E-state index in [4.69, 9.17) is 15.2 Å². The maximum Gasteiger partial charge on any atom is 0.335 e. The lowest BCUT2D eigenvalue weighted by Crippen LogP contribution is -2.38. The molecule has 210 valence electrons. The molecule has 0 atom stereocenters. The van der Waals surface area contributed by atoms with Crippen molar-refractivity contribution in [1.82, 2.24) is 14.5 Å². The number of piperidine rings is 1. The van der Waals surface area contributed by atoms with E-state index >= 15 is 0 Å². The fraction of sp³-hybridized carbons (Fsp3) is 0.310. The van der Waals surface area contributed by atoms with Gasteiger partial charge in [-0.05, 0) is 66.9 Å². The molecule has 11 heteroatoms. The summed E-state index contributed by atoms with van der Waals surface area (Å²) >= 11 is 0. The van der Waals surface area contributed by atoms with Crippen molar-refractivity contribution in [1.29, 1.82) is 0 Å². The van der Waals surface area contributed by atoms with Crippen LogP contribution in [-0.2, 0) is 19.8 Å². The second-order valence-electron chi connectivity index (χ2n) is 9.67. The van der Waals surface area contributed by atoms with Gasteiger partial charge in [0, 0.05) is 18.7 Å². The molecule has 0 bridgehead atoms. The SMILES string of the molecule is NCn1c(CN2CCC(Oc3cccc(COc4ccc(C(F)F)cc4F)c3)CC2)nc2ccc(C(=O)O)cc21. The van der Waals surface area contributed by atoms with E-state index in [1.807, 2.05) is 28.8 Å². The number of ether oxygens (including phenoxy) is 2. The summed E-state index contributed by atoms with van der Waals surface area (Å²) in [7, 11) is 0. The third kappa shape index (κ3) is 6.21. The highest BCUT2D eigenvalue weighted by Gasteiger charge is 2.23. The Kier molecular flexibility index (Phi) is 8.22. The van der Waals surface area contributed by atoms with Gasteiger partial charge < -0.3 is 24.9 Å². The molecule has 4 aromatic rings.